The number of hydrogen-bond donors (Lipinski definition) is 2. The topological polar surface area (TPSA) is 70.7 Å². The number of rotatable bonds is 6. The van der Waals surface area contributed by atoms with Gasteiger partial charge in [-0.05, 0) is 42.8 Å². The quantitative estimate of drug-likeness (QED) is 0.755. The number of nitrogens with zero attached hydrogens (tertiary/aromatic N) is 1. The van der Waals surface area contributed by atoms with Crippen LogP contribution in [0.1, 0.15) is 12.0 Å². The fourth-order valence-electron chi connectivity index (χ4n) is 2.32. The van der Waals surface area contributed by atoms with E-state index < -0.39 is 11.8 Å². The molecule has 0 fully saturated rings. The van der Waals surface area contributed by atoms with Gasteiger partial charge in [-0.25, -0.2) is 0 Å². The molecule has 2 rings (SSSR count). The Morgan fingerprint density at radius 3 is 2.27 bits per heavy atom. The van der Waals surface area contributed by atoms with Crippen LogP contribution in [-0.4, -0.2) is 33.0 Å². The van der Waals surface area contributed by atoms with Crippen LogP contribution in [0.3, 0.4) is 0 Å². The summed E-state index contributed by atoms with van der Waals surface area (Å²) < 4.78 is 5.21. The van der Waals surface area contributed by atoms with Crippen LogP contribution in [0.15, 0.2) is 36.4 Å². The normalized spacial score (nSPS) is 10.2. The van der Waals surface area contributed by atoms with Crippen LogP contribution in [0.25, 0.3) is 0 Å². The van der Waals surface area contributed by atoms with E-state index in [-0.39, 0.29) is 6.42 Å². The molecule has 0 aromatic heterocycles. The van der Waals surface area contributed by atoms with Gasteiger partial charge in [-0.1, -0.05) is 11.6 Å². The first kappa shape index (κ1) is 19.6. The van der Waals surface area contributed by atoms with Gasteiger partial charge in [0.1, 0.15) is 12.2 Å². The van der Waals surface area contributed by atoms with Gasteiger partial charge in [0.25, 0.3) is 0 Å². The summed E-state index contributed by atoms with van der Waals surface area (Å²) in [5.74, 6) is -0.397. The molecule has 26 heavy (non-hydrogen) atoms. The second kappa shape index (κ2) is 8.58. The van der Waals surface area contributed by atoms with Crippen molar-refractivity contribution in [2.45, 2.75) is 13.3 Å². The summed E-state index contributed by atoms with van der Waals surface area (Å²) in [6, 6.07) is 10.7. The summed E-state index contributed by atoms with van der Waals surface area (Å²) in [6.45, 7) is 1.82. The van der Waals surface area contributed by atoms with Crippen LogP contribution >= 0.6 is 11.6 Å². The average molecular weight is 376 g/mol. The number of halogens is 1. The van der Waals surface area contributed by atoms with Crippen LogP contribution in [-0.2, 0) is 9.59 Å². The van der Waals surface area contributed by atoms with Crippen LogP contribution in [0, 0.1) is 6.92 Å². The van der Waals surface area contributed by atoms with Crippen LogP contribution in [0.2, 0.25) is 5.02 Å². The zero-order valence-corrected chi connectivity index (χ0v) is 16.0. The molecule has 0 spiro atoms. The van der Waals surface area contributed by atoms with E-state index in [1.54, 1.807) is 24.3 Å². The van der Waals surface area contributed by atoms with Gasteiger partial charge in [0.2, 0.25) is 11.8 Å². The first-order valence-corrected chi connectivity index (χ1v) is 8.39. The molecule has 0 saturated carbocycles. The zero-order valence-electron chi connectivity index (χ0n) is 15.2. The lowest BCUT2D eigenvalue weighted by atomic mass is 10.2. The van der Waals surface area contributed by atoms with Crippen molar-refractivity contribution in [1.82, 2.24) is 0 Å². The molecule has 138 valence electrons. The van der Waals surface area contributed by atoms with Crippen molar-refractivity contribution in [2.24, 2.45) is 0 Å². The molecule has 0 atom stereocenters. The predicted octanol–water partition coefficient (Wildman–Crippen LogP) is 3.69. The van der Waals surface area contributed by atoms with E-state index in [1.807, 2.05) is 38.1 Å². The monoisotopic (exact) mass is 375 g/mol. The van der Waals surface area contributed by atoms with Crippen molar-refractivity contribution in [2.75, 3.05) is 36.7 Å². The number of carbonyl (C=O) groups is 2. The maximum Gasteiger partial charge on any atom is 0.233 e. The van der Waals surface area contributed by atoms with Crippen molar-refractivity contribution in [3.05, 3.63) is 47.0 Å². The van der Waals surface area contributed by atoms with Gasteiger partial charge >= 0.3 is 0 Å². The Balaban J connectivity index is 1.97. The summed E-state index contributed by atoms with van der Waals surface area (Å²) in [5.41, 5.74) is 2.93. The van der Waals surface area contributed by atoms with Crippen molar-refractivity contribution in [3.63, 3.8) is 0 Å². The highest BCUT2D eigenvalue weighted by Crippen LogP contribution is 2.31. The summed E-state index contributed by atoms with van der Waals surface area (Å²) in [5, 5.41) is 5.92. The van der Waals surface area contributed by atoms with Gasteiger partial charge < -0.3 is 20.3 Å². The van der Waals surface area contributed by atoms with E-state index in [0.29, 0.717) is 22.1 Å². The summed E-state index contributed by atoms with van der Waals surface area (Å²) >= 11 is 6.05. The van der Waals surface area contributed by atoms with Crippen LogP contribution < -0.4 is 20.3 Å². The van der Waals surface area contributed by atoms with E-state index in [4.69, 9.17) is 16.3 Å². The maximum atomic E-state index is 12.2. The summed E-state index contributed by atoms with van der Waals surface area (Å²) in [7, 11) is 5.36. The highest BCUT2D eigenvalue weighted by molar-refractivity contribution is 6.31. The SMILES string of the molecule is COc1cc(Cl)c(C)cc1NC(=O)CC(=O)Nc1ccc(N(C)C)cc1. The second-order valence-electron chi connectivity index (χ2n) is 6.02. The minimum absolute atomic E-state index is 0.305. The summed E-state index contributed by atoms with van der Waals surface area (Å²) in [4.78, 5) is 26.2. The lowest BCUT2D eigenvalue weighted by Crippen LogP contribution is -2.21. The Labute approximate surface area is 158 Å². The predicted molar refractivity (Wildman–Crippen MR) is 105 cm³/mol. The van der Waals surface area contributed by atoms with Crippen LogP contribution in [0.5, 0.6) is 5.75 Å². The molecule has 2 N–H and O–H groups in total. The maximum absolute atomic E-state index is 12.2. The lowest BCUT2D eigenvalue weighted by Gasteiger charge is -2.13. The van der Waals surface area contributed by atoms with Crippen molar-refractivity contribution in [1.29, 1.82) is 0 Å². The number of ether oxygens (including phenoxy) is 1. The number of methoxy groups -OCH3 is 1. The molecule has 0 radical (unpaired) electrons. The van der Waals surface area contributed by atoms with E-state index >= 15 is 0 Å². The van der Waals surface area contributed by atoms with Gasteiger partial charge in [0.05, 0.1) is 12.8 Å². The zero-order chi connectivity index (χ0) is 19.3. The first-order chi connectivity index (χ1) is 12.3. The molecule has 2 aromatic carbocycles. The second-order valence-corrected chi connectivity index (χ2v) is 6.42. The summed E-state index contributed by atoms with van der Waals surface area (Å²) in [6.07, 6.45) is -0.305. The Kier molecular flexibility index (Phi) is 6.46. The molecular formula is C19H22ClN3O3. The molecule has 0 heterocycles. The third kappa shape index (κ3) is 5.13. The molecule has 0 aliphatic rings. The van der Waals surface area contributed by atoms with Crippen LogP contribution in [0.4, 0.5) is 17.1 Å². The average Bonchev–Trinajstić information content (AvgIpc) is 2.58. The largest absolute Gasteiger partial charge is 0.495 e. The number of carbonyl (C=O) groups excluding carboxylic acids is 2. The number of aryl methyl sites for hydroxylation is 1. The van der Waals surface area contributed by atoms with E-state index in [2.05, 4.69) is 10.6 Å². The lowest BCUT2D eigenvalue weighted by molar-refractivity contribution is -0.123. The highest BCUT2D eigenvalue weighted by atomic mass is 35.5. The molecule has 0 saturated heterocycles. The number of nitrogens with one attached hydrogen (secondary N) is 2. The van der Waals surface area contributed by atoms with Gasteiger partial charge in [-0.2, -0.15) is 0 Å². The Hall–Kier alpha value is -2.73. The molecule has 0 bridgehead atoms. The number of amides is 2. The number of hydrogen-bond acceptors (Lipinski definition) is 4. The molecule has 2 aromatic rings. The van der Waals surface area contributed by atoms with E-state index in [1.165, 1.54) is 7.11 Å². The van der Waals surface area contributed by atoms with Crippen molar-refractivity contribution < 1.29 is 14.3 Å². The fourth-order valence-corrected chi connectivity index (χ4v) is 2.47. The van der Waals surface area contributed by atoms with E-state index in [9.17, 15) is 9.59 Å². The first-order valence-electron chi connectivity index (χ1n) is 8.01. The smallest absolute Gasteiger partial charge is 0.233 e. The Morgan fingerprint density at radius 2 is 1.69 bits per heavy atom. The molecule has 0 unspecified atom stereocenters. The molecule has 0 aliphatic carbocycles. The standard InChI is InChI=1S/C19H22ClN3O3/c1-12-9-16(17(26-4)10-15(12)20)22-19(25)11-18(24)21-13-5-7-14(8-6-13)23(2)3/h5-10H,11H2,1-4H3,(H,21,24)(H,22,25). The molecule has 6 nitrogen and oxygen atoms in total. The molecule has 7 heteroatoms. The van der Waals surface area contributed by atoms with Gasteiger partial charge in [0, 0.05) is 36.6 Å². The van der Waals surface area contributed by atoms with Gasteiger partial charge in [0.15, 0.2) is 0 Å². The number of benzene rings is 2. The minimum Gasteiger partial charge on any atom is -0.495 e. The Bertz CT molecular complexity index is 804. The third-order valence-corrected chi connectivity index (χ3v) is 4.15. The molecule has 0 aliphatic heterocycles. The third-order valence-electron chi connectivity index (χ3n) is 3.74. The van der Waals surface area contributed by atoms with Gasteiger partial charge in [-0.15, -0.1) is 0 Å². The van der Waals surface area contributed by atoms with Gasteiger partial charge in [-0.3, -0.25) is 9.59 Å². The minimum atomic E-state index is -0.438. The molecular weight excluding hydrogens is 354 g/mol. The highest BCUT2D eigenvalue weighted by Gasteiger charge is 2.14. The molecule has 2 amide bonds. The Morgan fingerprint density at radius 1 is 1.08 bits per heavy atom. The van der Waals surface area contributed by atoms with E-state index in [0.717, 1.165) is 11.3 Å². The van der Waals surface area contributed by atoms with Crippen molar-refractivity contribution in [3.8, 4) is 5.75 Å². The fraction of sp³-hybridized carbons (Fsp3) is 0.263. The number of anilines is 3. The van der Waals surface area contributed by atoms with Crippen molar-refractivity contribution >= 4 is 40.5 Å².